The lowest BCUT2D eigenvalue weighted by molar-refractivity contribution is -0.128. The Kier molecular flexibility index (Phi) is 6.56. The summed E-state index contributed by atoms with van der Waals surface area (Å²) < 4.78 is 0. The minimum absolute atomic E-state index is 0.0229. The van der Waals surface area contributed by atoms with Crippen molar-refractivity contribution in [2.24, 2.45) is 17.1 Å². The van der Waals surface area contributed by atoms with Crippen LogP contribution < -0.4 is 11.1 Å². The van der Waals surface area contributed by atoms with E-state index in [4.69, 9.17) is 18.0 Å². The number of amides is 1. The number of thiocarbonyl (C=S) groups is 1. The molecular weight excluding hydrogens is 220 g/mol. The van der Waals surface area contributed by atoms with Gasteiger partial charge in [-0.05, 0) is 18.8 Å². The molecule has 16 heavy (non-hydrogen) atoms. The lowest BCUT2D eigenvalue weighted by atomic mass is 9.81. The van der Waals surface area contributed by atoms with Crippen LogP contribution in [0.5, 0.6) is 0 Å². The number of hydrogen-bond acceptors (Lipinski definition) is 2. The molecule has 0 aromatic rings. The summed E-state index contributed by atoms with van der Waals surface area (Å²) >= 11 is 5.03. The summed E-state index contributed by atoms with van der Waals surface area (Å²) in [5, 5.41) is 2.95. The summed E-state index contributed by atoms with van der Waals surface area (Å²) in [6, 6.07) is 0. The maximum atomic E-state index is 12.1. The van der Waals surface area contributed by atoms with E-state index in [0.29, 0.717) is 30.3 Å². The van der Waals surface area contributed by atoms with Gasteiger partial charge in [0.15, 0.2) is 0 Å². The van der Waals surface area contributed by atoms with E-state index in [1.54, 1.807) is 0 Å². The zero-order valence-electron chi connectivity index (χ0n) is 10.8. The van der Waals surface area contributed by atoms with Crippen LogP contribution in [0.3, 0.4) is 0 Å². The number of rotatable bonds is 7. The molecule has 0 spiro atoms. The Morgan fingerprint density at radius 2 is 1.88 bits per heavy atom. The van der Waals surface area contributed by atoms with Gasteiger partial charge in [-0.1, -0.05) is 46.3 Å². The average Bonchev–Trinajstić information content (AvgIpc) is 2.27. The molecule has 1 unspecified atom stereocenters. The van der Waals surface area contributed by atoms with Crippen molar-refractivity contribution in [1.29, 1.82) is 0 Å². The molecule has 0 fully saturated rings. The molecule has 0 radical (unpaired) electrons. The largest absolute Gasteiger partial charge is 0.392 e. The molecule has 0 saturated carbocycles. The van der Waals surface area contributed by atoms with Gasteiger partial charge in [0.1, 0.15) is 0 Å². The molecule has 0 bridgehead atoms. The average molecular weight is 244 g/mol. The number of carbonyl (C=O) groups excluding carboxylic acids is 1. The molecule has 0 aliphatic heterocycles. The number of hydrogen-bond donors (Lipinski definition) is 2. The number of nitrogens with one attached hydrogen (secondary N) is 1. The van der Waals surface area contributed by atoms with Crippen molar-refractivity contribution in [2.75, 3.05) is 6.54 Å². The Hall–Kier alpha value is -0.640. The van der Waals surface area contributed by atoms with Gasteiger partial charge >= 0.3 is 0 Å². The van der Waals surface area contributed by atoms with Gasteiger partial charge in [0.2, 0.25) is 5.91 Å². The third kappa shape index (κ3) is 3.44. The molecule has 0 aromatic heterocycles. The minimum Gasteiger partial charge on any atom is -0.392 e. The van der Waals surface area contributed by atoms with E-state index in [-0.39, 0.29) is 5.91 Å². The van der Waals surface area contributed by atoms with Crippen LogP contribution in [0.25, 0.3) is 0 Å². The quantitative estimate of drug-likeness (QED) is 0.675. The van der Waals surface area contributed by atoms with E-state index in [0.717, 1.165) is 6.42 Å². The van der Waals surface area contributed by atoms with Crippen LogP contribution >= 0.6 is 12.2 Å². The second kappa shape index (κ2) is 6.84. The predicted octanol–water partition coefficient (Wildman–Crippen LogP) is 2.24. The molecule has 4 heteroatoms. The van der Waals surface area contributed by atoms with E-state index in [2.05, 4.69) is 19.2 Å². The fourth-order valence-corrected chi connectivity index (χ4v) is 1.99. The Bertz CT molecular complexity index is 249. The van der Waals surface area contributed by atoms with Gasteiger partial charge in [0, 0.05) is 6.54 Å². The molecular formula is C12H24N2OS. The van der Waals surface area contributed by atoms with Gasteiger partial charge in [0.25, 0.3) is 0 Å². The van der Waals surface area contributed by atoms with Crippen LogP contribution in [0.1, 0.15) is 47.0 Å². The summed E-state index contributed by atoms with van der Waals surface area (Å²) in [4.78, 5) is 12.4. The third-order valence-corrected chi connectivity index (χ3v) is 3.81. The highest BCUT2D eigenvalue weighted by molar-refractivity contribution is 7.80. The van der Waals surface area contributed by atoms with E-state index < -0.39 is 5.41 Å². The molecule has 0 aromatic carbocycles. The van der Waals surface area contributed by atoms with Crippen molar-refractivity contribution in [3.05, 3.63) is 0 Å². The standard InChI is InChI=1S/C12H24N2OS/c1-5-9(4)8-14-11(15)12(6-2,7-3)10(13)16/h9H,5-8H2,1-4H3,(H2,13,16)(H,14,15). The summed E-state index contributed by atoms with van der Waals surface area (Å²) in [5.74, 6) is 0.465. The fraction of sp³-hybridized carbons (Fsp3) is 0.833. The van der Waals surface area contributed by atoms with E-state index in [1.807, 2.05) is 13.8 Å². The van der Waals surface area contributed by atoms with Gasteiger partial charge < -0.3 is 11.1 Å². The summed E-state index contributed by atoms with van der Waals surface area (Å²) in [5.41, 5.74) is 5.04. The Morgan fingerprint density at radius 1 is 1.38 bits per heavy atom. The second-order valence-electron chi connectivity index (χ2n) is 4.38. The minimum atomic E-state index is -0.664. The van der Waals surface area contributed by atoms with Crippen molar-refractivity contribution in [1.82, 2.24) is 5.32 Å². The first-order valence-corrected chi connectivity index (χ1v) is 6.43. The van der Waals surface area contributed by atoms with E-state index in [1.165, 1.54) is 0 Å². The molecule has 0 saturated heterocycles. The number of nitrogens with two attached hydrogens (primary N) is 1. The SMILES string of the molecule is CCC(C)CNC(=O)C(CC)(CC)C(N)=S. The maximum Gasteiger partial charge on any atom is 0.233 e. The van der Waals surface area contributed by atoms with Gasteiger partial charge in [-0.3, -0.25) is 4.79 Å². The summed E-state index contributed by atoms with van der Waals surface area (Å²) in [6.45, 7) is 8.81. The lowest BCUT2D eigenvalue weighted by Crippen LogP contribution is -2.49. The Balaban J connectivity index is 4.58. The molecule has 0 aliphatic rings. The molecule has 0 rings (SSSR count). The highest BCUT2D eigenvalue weighted by Gasteiger charge is 2.37. The molecule has 3 nitrogen and oxygen atoms in total. The second-order valence-corrected chi connectivity index (χ2v) is 4.82. The molecule has 1 amide bonds. The Labute approximate surface area is 104 Å². The highest BCUT2D eigenvalue weighted by Crippen LogP contribution is 2.27. The summed E-state index contributed by atoms with van der Waals surface area (Å²) in [7, 11) is 0. The fourth-order valence-electron chi connectivity index (χ4n) is 1.61. The highest BCUT2D eigenvalue weighted by atomic mass is 32.1. The van der Waals surface area contributed by atoms with E-state index in [9.17, 15) is 4.79 Å². The van der Waals surface area contributed by atoms with E-state index >= 15 is 0 Å². The van der Waals surface area contributed by atoms with Crippen LogP contribution in [-0.4, -0.2) is 17.4 Å². The molecule has 1 atom stereocenters. The topological polar surface area (TPSA) is 55.1 Å². The first-order valence-electron chi connectivity index (χ1n) is 6.02. The zero-order valence-corrected chi connectivity index (χ0v) is 11.6. The van der Waals surface area contributed by atoms with Gasteiger partial charge in [0.05, 0.1) is 10.4 Å². The third-order valence-electron chi connectivity index (χ3n) is 3.42. The van der Waals surface area contributed by atoms with Crippen LogP contribution in [-0.2, 0) is 4.79 Å². The van der Waals surface area contributed by atoms with Crippen molar-refractivity contribution < 1.29 is 4.79 Å². The zero-order chi connectivity index (χ0) is 12.8. The molecule has 0 heterocycles. The first-order chi connectivity index (χ1) is 7.44. The van der Waals surface area contributed by atoms with Crippen molar-refractivity contribution in [3.8, 4) is 0 Å². The van der Waals surface area contributed by atoms with Crippen LogP contribution in [0.2, 0.25) is 0 Å². The Morgan fingerprint density at radius 3 is 2.19 bits per heavy atom. The predicted molar refractivity (Wildman–Crippen MR) is 72.3 cm³/mol. The molecule has 0 aliphatic carbocycles. The monoisotopic (exact) mass is 244 g/mol. The smallest absolute Gasteiger partial charge is 0.233 e. The first kappa shape index (κ1) is 15.4. The van der Waals surface area contributed by atoms with Crippen molar-refractivity contribution >= 4 is 23.1 Å². The maximum absolute atomic E-state index is 12.1. The van der Waals surface area contributed by atoms with Gasteiger partial charge in [-0.2, -0.15) is 0 Å². The lowest BCUT2D eigenvalue weighted by Gasteiger charge is -2.29. The summed E-state index contributed by atoms with van der Waals surface area (Å²) in [6.07, 6.45) is 2.37. The van der Waals surface area contributed by atoms with Crippen LogP contribution in [0.4, 0.5) is 0 Å². The molecule has 3 N–H and O–H groups in total. The van der Waals surface area contributed by atoms with Gasteiger partial charge in [-0.15, -0.1) is 0 Å². The van der Waals surface area contributed by atoms with Crippen molar-refractivity contribution in [3.63, 3.8) is 0 Å². The molecule has 94 valence electrons. The van der Waals surface area contributed by atoms with Crippen LogP contribution in [0, 0.1) is 11.3 Å². The van der Waals surface area contributed by atoms with Crippen molar-refractivity contribution in [2.45, 2.75) is 47.0 Å². The van der Waals surface area contributed by atoms with Crippen LogP contribution in [0.15, 0.2) is 0 Å². The van der Waals surface area contributed by atoms with Gasteiger partial charge in [-0.25, -0.2) is 0 Å². The normalized spacial score (nSPS) is 13.2. The number of carbonyl (C=O) groups is 1.